The summed E-state index contributed by atoms with van der Waals surface area (Å²) in [4.78, 5) is 12.7. The van der Waals surface area contributed by atoms with Crippen LogP contribution in [0.25, 0.3) is 0 Å². The normalized spacial score (nSPS) is 12.2. The molecule has 0 amide bonds. The number of aliphatic carboxylic acids is 1. The number of hydrogen-bond donors (Lipinski definition) is 0. The Bertz CT molecular complexity index is 298. The maximum Gasteiger partial charge on any atom is 1.00 e. The van der Waals surface area contributed by atoms with E-state index in [9.17, 15) is 9.90 Å². The third kappa shape index (κ3) is 19.2. The van der Waals surface area contributed by atoms with Gasteiger partial charge in [0.1, 0.15) is 0 Å². The van der Waals surface area contributed by atoms with Gasteiger partial charge >= 0.3 is 29.6 Å². The zero-order valence-electron chi connectivity index (χ0n) is 18.4. The molecule has 1 atom stereocenters. The molecule has 0 aromatic carbocycles. The summed E-state index contributed by atoms with van der Waals surface area (Å²) in [7, 11) is 3.62. The van der Waals surface area contributed by atoms with Crippen LogP contribution < -0.4 is 34.7 Å². The van der Waals surface area contributed by atoms with Crippen LogP contribution in [0.4, 0.5) is 0 Å². The SMILES string of the molecule is CCCCCCCCCCCCCCCCCCC(C(=O)[O-])N(C)C.[Na+]. The first-order valence-electron chi connectivity index (χ1n) is 11.0. The van der Waals surface area contributed by atoms with Crippen LogP contribution in [0.1, 0.15) is 116 Å². The maximum absolute atomic E-state index is 11.0. The van der Waals surface area contributed by atoms with Crippen molar-refractivity contribution < 1.29 is 39.5 Å². The number of carbonyl (C=O) groups excluding carboxylic acids is 1. The Morgan fingerprint density at radius 2 is 1.00 bits per heavy atom. The van der Waals surface area contributed by atoms with Crippen molar-refractivity contribution in [2.24, 2.45) is 0 Å². The number of rotatable bonds is 19. The molecule has 1 unspecified atom stereocenters. The third-order valence-corrected chi connectivity index (χ3v) is 5.23. The van der Waals surface area contributed by atoms with Crippen LogP contribution in [0.5, 0.6) is 0 Å². The van der Waals surface area contributed by atoms with Crippen molar-refractivity contribution in [2.45, 2.75) is 122 Å². The molecule has 0 saturated heterocycles. The van der Waals surface area contributed by atoms with Gasteiger partial charge in [-0.2, -0.15) is 0 Å². The van der Waals surface area contributed by atoms with Crippen LogP contribution >= 0.6 is 0 Å². The molecule has 26 heavy (non-hydrogen) atoms. The minimum absolute atomic E-state index is 0. The van der Waals surface area contributed by atoms with Crippen LogP contribution in [0, 0.1) is 0 Å². The quantitative estimate of drug-likeness (QED) is 0.256. The summed E-state index contributed by atoms with van der Waals surface area (Å²) in [6.07, 6.45) is 22.3. The summed E-state index contributed by atoms with van der Waals surface area (Å²) in [5.41, 5.74) is 0. The Kier molecular flexibility index (Phi) is 23.9. The third-order valence-electron chi connectivity index (χ3n) is 5.23. The van der Waals surface area contributed by atoms with Crippen molar-refractivity contribution in [1.82, 2.24) is 4.90 Å². The van der Waals surface area contributed by atoms with E-state index in [0.717, 1.165) is 12.8 Å². The first-order valence-corrected chi connectivity index (χ1v) is 11.0. The van der Waals surface area contributed by atoms with Crippen molar-refractivity contribution in [3.63, 3.8) is 0 Å². The van der Waals surface area contributed by atoms with Crippen molar-refractivity contribution in [3.8, 4) is 0 Å². The van der Waals surface area contributed by atoms with Crippen molar-refractivity contribution >= 4 is 5.97 Å². The van der Waals surface area contributed by atoms with E-state index in [1.807, 2.05) is 14.1 Å². The zero-order valence-corrected chi connectivity index (χ0v) is 20.4. The van der Waals surface area contributed by atoms with E-state index >= 15 is 0 Å². The molecular formula is C22H44NNaO2. The van der Waals surface area contributed by atoms with Gasteiger partial charge in [0.25, 0.3) is 0 Å². The molecule has 0 saturated carbocycles. The summed E-state index contributed by atoms with van der Waals surface area (Å²) in [6, 6.07) is -0.424. The van der Waals surface area contributed by atoms with Crippen molar-refractivity contribution in [1.29, 1.82) is 0 Å². The monoisotopic (exact) mass is 377 g/mol. The summed E-state index contributed by atoms with van der Waals surface area (Å²) < 4.78 is 0. The number of likely N-dealkylation sites (N-methyl/N-ethyl adjacent to an activating group) is 1. The molecule has 0 aliphatic heterocycles. The average molecular weight is 378 g/mol. The van der Waals surface area contributed by atoms with Crippen LogP contribution in [0.2, 0.25) is 0 Å². The van der Waals surface area contributed by atoms with Crippen molar-refractivity contribution in [3.05, 3.63) is 0 Å². The molecule has 0 aromatic rings. The fourth-order valence-electron chi connectivity index (χ4n) is 3.47. The molecular weight excluding hydrogens is 333 g/mol. The smallest absolute Gasteiger partial charge is 0.548 e. The van der Waals surface area contributed by atoms with Gasteiger partial charge in [0, 0.05) is 6.04 Å². The van der Waals surface area contributed by atoms with E-state index < -0.39 is 12.0 Å². The van der Waals surface area contributed by atoms with Gasteiger partial charge in [-0.25, -0.2) is 0 Å². The fourth-order valence-corrected chi connectivity index (χ4v) is 3.47. The number of hydrogen-bond acceptors (Lipinski definition) is 3. The van der Waals surface area contributed by atoms with Crippen LogP contribution in [0.15, 0.2) is 0 Å². The molecule has 0 rings (SSSR count). The number of carboxylic acids is 1. The van der Waals surface area contributed by atoms with Gasteiger partial charge in [0.15, 0.2) is 0 Å². The molecule has 3 nitrogen and oxygen atoms in total. The first kappa shape index (κ1) is 28.6. The molecule has 0 N–H and O–H groups in total. The molecule has 0 heterocycles. The molecule has 4 heteroatoms. The fraction of sp³-hybridized carbons (Fsp3) is 0.955. The summed E-state index contributed by atoms with van der Waals surface area (Å²) in [5, 5.41) is 11.0. The van der Waals surface area contributed by atoms with Crippen LogP contribution in [0.3, 0.4) is 0 Å². The van der Waals surface area contributed by atoms with Gasteiger partial charge in [0.05, 0.1) is 5.97 Å². The van der Waals surface area contributed by atoms with E-state index in [1.165, 1.54) is 89.9 Å². The Morgan fingerprint density at radius 1 is 0.692 bits per heavy atom. The summed E-state index contributed by atoms with van der Waals surface area (Å²) in [6.45, 7) is 2.28. The molecule has 0 bridgehead atoms. The molecule has 0 aromatic heterocycles. The number of carboxylic acid groups (broad SMARTS) is 1. The summed E-state index contributed by atoms with van der Waals surface area (Å²) in [5.74, 6) is -0.939. The van der Waals surface area contributed by atoms with E-state index in [0.29, 0.717) is 6.42 Å². The topological polar surface area (TPSA) is 43.4 Å². The second-order valence-electron chi connectivity index (χ2n) is 7.89. The Morgan fingerprint density at radius 3 is 1.27 bits per heavy atom. The van der Waals surface area contributed by atoms with Crippen LogP contribution in [-0.2, 0) is 4.79 Å². The minimum Gasteiger partial charge on any atom is -0.548 e. The Labute approximate surface area is 186 Å². The molecule has 0 aliphatic carbocycles. The second kappa shape index (κ2) is 21.7. The molecule has 0 aliphatic rings. The number of nitrogens with zero attached hydrogens (tertiary/aromatic N) is 1. The number of unbranched alkanes of at least 4 members (excludes halogenated alkanes) is 15. The van der Waals surface area contributed by atoms with Gasteiger partial charge in [0.2, 0.25) is 0 Å². The van der Waals surface area contributed by atoms with Gasteiger partial charge in [-0.3, -0.25) is 0 Å². The predicted octanol–water partition coefficient (Wildman–Crippen LogP) is 2.32. The predicted molar refractivity (Wildman–Crippen MR) is 107 cm³/mol. The van der Waals surface area contributed by atoms with Gasteiger partial charge in [-0.15, -0.1) is 0 Å². The summed E-state index contributed by atoms with van der Waals surface area (Å²) >= 11 is 0. The number of carbonyl (C=O) groups is 1. The Balaban J connectivity index is 0. The van der Waals surface area contributed by atoms with Crippen molar-refractivity contribution in [2.75, 3.05) is 14.1 Å². The zero-order chi connectivity index (χ0) is 18.8. The largest absolute Gasteiger partial charge is 1.00 e. The van der Waals surface area contributed by atoms with Gasteiger partial charge < -0.3 is 14.8 Å². The van der Waals surface area contributed by atoms with Crippen LogP contribution in [-0.4, -0.2) is 31.0 Å². The molecule has 0 spiro atoms. The first-order chi connectivity index (χ1) is 12.1. The molecule has 0 fully saturated rings. The van der Waals surface area contributed by atoms with Gasteiger partial charge in [-0.05, 0) is 20.5 Å². The molecule has 0 radical (unpaired) electrons. The van der Waals surface area contributed by atoms with E-state index in [1.54, 1.807) is 4.90 Å². The van der Waals surface area contributed by atoms with E-state index in [-0.39, 0.29) is 29.6 Å². The van der Waals surface area contributed by atoms with E-state index in [4.69, 9.17) is 0 Å². The minimum atomic E-state index is -0.939. The maximum atomic E-state index is 11.0. The van der Waals surface area contributed by atoms with Gasteiger partial charge in [-0.1, -0.05) is 110 Å². The second-order valence-corrected chi connectivity index (χ2v) is 7.89. The van der Waals surface area contributed by atoms with E-state index in [2.05, 4.69) is 6.92 Å². The standard InChI is InChI=1S/C22H45NO2.Na/c1-4-5-6-7-8-9-10-11-12-13-14-15-16-17-18-19-20-21(22(24)25)23(2)3;/h21H,4-20H2,1-3H3,(H,24,25);/q;+1/p-1. The Hall–Kier alpha value is 0.430. The molecule has 150 valence electrons. The average Bonchev–Trinajstić information content (AvgIpc) is 2.57.